The SMILES string of the molecule is CC(C)C[C@H](NC(=O)[C@H](CC(N)=O)NC(=O)[C@@H](N)CO)C(=O)O. The van der Waals surface area contributed by atoms with E-state index in [2.05, 4.69) is 10.6 Å². The first-order valence-electron chi connectivity index (χ1n) is 7.06. The number of hydrogen-bond acceptors (Lipinski definition) is 6. The third-order valence-corrected chi connectivity index (χ3v) is 2.89. The second kappa shape index (κ2) is 9.74. The monoisotopic (exact) mass is 332 g/mol. The molecule has 0 fully saturated rings. The molecule has 0 radical (unpaired) electrons. The van der Waals surface area contributed by atoms with Gasteiger partial charge in [-0.15, -0.1) is 0 Å². The first-order valence-corrected chi connectivity index (χ1v) is 7.06. The van der Waals surface area contributed by atoms with Crippen molar-refractivity contribution in [1.29, 1.82) is 0 Å². The largest absolute Gasteiger partial charge is 0.480 e. The van der Waals surface area contributed by atoms with E-state index < -0.39 is 54.8 Å². The number of nitrogens with two attached hydrogens (primary N) is 2. The molecule has 3 amide bonds. The minimum atomic E-state index is -1.37. The molecular weight excluding hydrogens is 308 g/mol. The molecule has 0 aliphatic rings. The van der Waals surface area contributed by atoms with Gasteiger partial charge in [0.25, 0.3) is 0 Å². The van der Waals surface area contributed by atoms with Crippen LogP contribution in [0.15, 0.2) is 0 Å². The summed E-state index contributed by atoms with van der Waals surface area (Å²) in [6.07, 6.45) is -0.349. The fourth-order valence-electron chi connectivity index (χ4n) is 1.74. The number of aliphatic carboxylic acids is 1. The first kappa shape index (κ1) is 20.8. The Kier molecular flexibility index (Phi) is 8.81. The molecule has 0 aliphatic carbocycles. The molecule has 8 N–H and O–H groups in total. The summed E-state index contributed by atoms with van der Waals surface area (Å²) in [6, 6.07) is -3.81. The number of amides is 3. The Balaban J connectivity index is 5.01. The lowest BCUT2D eigenvalue weighted by Crippen LogP contribution is -2.56. The molecule has 0 aromatic carbocycles. The van der Waals surface area contributed by atoms with Crippen LogP contribution in [0.5, 0.6) is 0 Å². The predicted molar refractivity (Wildman–Crippen MR) is 79.8 cm³/mol. The summed E-state index contributed by atoms with van der Waals surface area (Å²) in [7, 11) is 0. The standard InChI is InChI=1S/C13H24N4O6/c1-6(2)3-9(13(22)23)17-12(21)8(4-10(15)19)16-11(20)7(14)5-18/h6-9,18H,3-5,14H2,1-2H3,(H2,15,19)(H,16,20)(H,17,21)(H,22,23)/t7-,8-,9-/m0/s1. The van der Waals surface area contributed by atoms with Crippen molar-refractivity contribution in [3.63, 3.8) is 0 Å². The smallest absolute Gasteiger partial charge is 0.326 e. The zero-order chi connectivity index (χ0) is 18.2. The summed E-state index contributed by atoms with van der Waals surface area (Å²) in [5.74, 6) is -3.81. The lowest BCUT2D eigenvalue weighted by atomic mass is 10.0. The van der Waals surface area contributed by atoms with E-state index in [0.717, 1.165) is 0 Å². The van der Waals surface area contributed by atoms with Crippen LogP contribution >= 0.6 is 0 Å². The highest BCUT2D eigenvalue weighted by atomic mass is 16.4. The number of rotatable bonds is 10. The number of carbonyl (C=O) groups excluding carboxylic acids is 3. The molecule has 0 bridgehead atoms. The van der Waals surface area contributed by atoms with Gasteiger partial charge in [0.1, 0.15) is 18.1 Å². The van der Waals surface area contributed by atoms with Gasteiger partial charge >= 0.3 is 5.97 Å². The summed E-state index contributed by atoms with van der Waals surface area (Å²) in [6.45, 7) is 2.91. The van der Waals surface area contributed by atoms with Crippen molar-refractivity contribution < 1.29 is 29.4 Å². The molecule has 0 aromatic heterocycles. The van der Waals surface area contributed by atoms with Crippen LogP contribution < -0.4 is 22.1 Å². The van der Waals surface area contributed by atoms with Crippen molar-refractivity contribution >= 4 is 23.7 Å². The maximum Gasteiger partial charge on any atom is 0.326 e. The van der Waals surface area contributed by atoms with Crippen LogP contribution in [0.4, 0.5) is 0 Å². The van der Waals surface area contributed by atoms with Gasteiger partial charge in [0.2, 0.25) is 17.7 Å². The number of nitrogens with one attached hydrogen (secondary N) is 2. The summed E-state index contributed by atoms with van der Waals surface area (Å²) in [5, 5.41) is 22.3. The Bertz CT molecular complexity index is 454. The molecule has 0 spiro atoms. The summed E-state index contributed by atoms with van der Waals surface area (Å²) < 4.78 is 0. The number of carbonyl (C=O) groups is 4. The Morgan fingerprint density at radius 3 is 1.96 bits per heavy atom. The topological polar surface area (TPSA) is 185 Å². The van der Waals surface area contributed by atoms with Crippen LogP contribution in [0.2, 0.25) is 0 Å². The van der Waals surface area contributed by atoms with Crippen molar-refractivity contribution in [3.8, 4) is 0 Å². The summed E-state index contributed by atoms with van der Waals surface area (Å²) >= 11 is 0. The maximum atomic E-state index is 12.1. The van der Waals surface area contributed by atoms with Gasteiger partial charge in [0, 0.05) is 0 Å². The zero-order valence-corrected chi connectivity index (χ0v) is 13.1. The third-order valence-electron chi connectivity index (χ3n) is 2.89. The number of carboxylic acid groups (broad SMARTS) is 1. The first-order chi connectivity index (χ1) is 10.6. The molecule has 0 unspecified atom stereocenters. The van der Waals surface area contributed by atoms with Crippen molar-refractivity contribution in [2.24, 2.45) is 17.4 Å². The molecule has 3 atom stereocenters. The predicted octanol–water partition coefficient (Wildman–Crippen LogP) is -2.72. The van der Waals surface area contributed by atoms with Crippen LogP contribution in [0.25, 0.3) is 0 Å². The van der Waals surface area contributed by atoms with Gasteiger partial charge in [0.05, 0.1) is 13.0 Å². The fraction of sp³-hybridized carbons (Fsp3) is 0.692. The van der Waals surface area contributed by atoms with Gasteiger partial charge < -0.3 is 32.3 Å². The van der Waals surface area contributed by atoms with E-state index in [1.165, 1.54) is 0 Å². The van der Waals surface area contributed by atoms with Gasteiger partial charge in [-0.2, -0.15) is 0 Å². The highest BCUT2D eigenvalue weighted by Gasteiger charge is 2.29. The number of primary amides is 1. The lowest BCUT2D eigenvalue weighted by Gasteiger charge is -2.22. The average Bonchev–Trinajstić information content (AvgIpc) is 2.43. The Morgan fingerprint density at radius 1 is 1.04 bits per heavy atom. The molecule has 0 aliphatic heterocycles. The van der Waals surface area contributed by atoms with E-state index in [-0.39, 0.29) is 12.3 Å². The Hall–Kier alpha value is -2.20. The number of aliphatic hydroxyl groups is 1. The molecule has 0 rings (SSSR count). The summed E-state index contributed by atoms with van der Waals surface area (Å²) in [5.41, 5.74) is 10.3. The van der Waals surface area contributed by atoms with Gasteiger partial charge in [-0.05, 0) is 12.3 Å². The molecule has 0 saturated carbocycles. The van der Waals surface area contributed by atoms with E-state index in [9.17, 15) is 19.2 Å². The van der Waals surface area contributed by atoms with E-state index >= 15 is 0 Å². The lowest BCUT2D eigenvalue weighted by molar-refractivity contribution is -0.142. The van der Waals surface area contributed by atoms with Gasteiger partial charge in [-0.25, -0.2) is 4.79 Å². The van der Waals surface area contributed by atoms with Gasteiger partial charge in [0.15, 0.2) is 0 Å². The van der Waals surface area contributed by atoms with E-state index in [1.807, 2.05) is 0 Å². The van der Waals surface area contributed by atoms with Crippen LogP contribution in [0, 0.1) is 5.92 Å². The van der Waals surface area contributed by atoms with E-state index in [0.29, 0.717) is 0 Å². The maximum absolute atomic E-state index is 12.1. The number of carboxylic acids is 1. The van der Waals surface area contributed by atoms with E-state index in [1.54, 1.807) is 13.8 Å². The zero-order valence-electron chi connectivity index (χ0n) is 13.1. The van der Waals surface area contributed by atoms with Crippen molar-refractivity contribution in [2.45, 2.75) is 44.8 Å². The highest BCUT2D eigenvalue weighted by molar-refractivity contribution is 5.94. The van der Waals surface area contributed by atoms with Crippen molar-refractivity contribution in [1.82, 2.24) is 10.6 Å². The molecule has 23 heavy (non-hydrogen) atoms. The molecule has 0 heterocycles. The minimum absolute atomic E-state index is 0.00314. The van der Waals surface area contributed by atoms with Gasteiger partial charge in [-0.3, -0.25) is 14.4 Å². The molecular formula is C13H24N4O6. The molecule has 10 heteroatoms. The second-order valence-corrected chi connectivity index (χ2v) is 5.55. The normalized spacial score (nSPS) is 14.7. The Morgan fingerprint density at radius 2 is 1.57 bits per heavy atom. The fourth-order valence-corrected chi connectivity index (χ4v) is 1.74. The van der Waals surface area contributed by atoms with Crippen LogP contribution in [0.3, 0.4) is 0 Å². The number of hydrogen-bond donors (Lipinski definition) is 6. The van der Waals surface area contributed by atoms with E-state index in [4.69, 9.17) is 21.7 Å². The van der Waals surface area contributed by atoms with Crippen molar-refractivity contribution in [3.05, 3.63) is 0 Å². The number of aliphatic hydroxyl groups excluding tert-OH is 1. The molecule has 10 nitrogen and oxygen atoms in total. The van der Waals surface area contributed by atoms with Gasteiger partial charge in [-0.1, -0.05) is 13.8 Å². The molecule has 0 aromatic rings. The Labute approximate surface area is 133 Å². The molecule has 0 saturated heterocycles. The van der Waals surface area contributed by atoms with Crippen LogP contribution in [-0.2, 0) is 19.2 Å². The minimum Gasteiger partial charge on any atom is -0.480 e. The summed E-state index contributed by atoms with van der Waals surface area (Å²) in [4.78, 5) is 45.9. The average molecular weight is 332 g/mol. The third kappa shape index (κ3) is 8.12. The highest BCUT2D eigenvalue weighted by Crippen LogP contribution is 2.06. The quantitative estimate of drug-likeness (QED) is 0.251. The van der Waals surface area contributed by atoms with Crippen LogP contribution in [-0.4, -0.2) is 58.6 Å². The van der Waals surface area contributed by atoms with Crippen LogP contribution in [0.1, 0.15) is 26.7 Å². The second-order valence-electron chi connectivity index (χ2n) is 5.55. The van der Waals surface area contributed by atoms with Crippen molar-refractivity contribution in [2.75, 3.05) is 6.61 Å². The molecule has 132 valence electrons.